The van der Waals surface area contributed by atoms with Crippen LogP contribution in [-0.2, 0) is 6.42 Å². The van der Waals surface area contributed by atoms with Gasteiger partial charge in [0.05, 0.1) is 10.6 Å². The van der Waals surface area contributed by atoms with E-state index >= 15 is 0 Å². The molecule has 2 fully saturated rings. The number of ether oxygens (including phenoxy) is 1. The molecule has 1 heterocycles. The number of hydrogen-bond donors (Lipinski definition) is 2. The highest BCUT2D eigenvalue weighted by Gasteiger charge is 2.64. The Kier molecular flexibility index (Phi) is 7.80. The van der Waals surface area contributed by atoms with Crippen molar-refractivity contribution < 1.29 is 18.3 Å². The van der Waals surface area contributed by atoms with Crippen molar-refractivity contribution >= 4 is 17.5 Å². The van der Waals surface area contributed by atoms with E-state index in [1.54, 1.807) is 18.2 Å². The van der Waals surface area contributed by atoms with E-state index in [4.69, 9.17) is 21.6 Å². The number of carbonyl (C=O) groups is 1. The van der Waals surface area contributed by atoms with Crippen molar-refractivity contribution in [1.82, 2.24) is 15.5 Å². The molecule has 0 aromatic heterocycles. The second-order valence-corrected chi connectivity index (χ2v) is 11.5. The molecule has 1 saturated carbocycles. The molecular weight excluding hydrogens is 498 g/mol. The topological polar surface area (TPSA) is 77.4 Å². The fourth-order valence-electron chi connectivity index (χ4n) is 6.01. The van der Waals surface area contributed by atoms with Gasteiger partial charge in [0.25, 0.3) is 5.91 Å². The van der Waals surface area contributed by atoms with Crippen LogP contribution in [0.25, 0.3) is 0 Å². The number of piperazine rings is 1. The molecule has 1 amide bonds. The second-order valence-electron chi connectivity index (χ2n) is 11.1. The number of benzene rings is 2. The Balaban J connectivity index is 1.44. The van der Waals surface area contributed by atoms with Crippen molar-refractivity contribution in [2.45, 2.75) is 46.3 Å². The molecule has 0 radical (unpaired) electrons. The average Bonchev–Trinajstić information content (AvgIpc) is 2.84. The van der Waals surface area contributed by atoms with E-state index in [0.717, 1.165) is 26.2 Å². The SMILES string of the molecule is CC1(C)C(NC(=O)c2c(F)cc(CCN3CCNCC3)cc2F)C(C)(C)C1Oc1ccc(C#N)c(Cl)c1. The zero-order valence-electron chi connectivity index (χ0n) is 21.6. The third kappa shape index (κ3) is 5.45. The molecule has 198 valence electrons. The maximum absolute atomic E-state index is 15.0. The summed E-state index contributed by atoms with van der Waals surface area (Å²) in [4.78, 5) is 15.3. The summed E-state index contributed by atoms with van der Waals surface area (Å²) in [5, 5.41) is 15.5. The van der Waals surface area contributed by atoms with Gasteiger partial charge in [0, 0.05) is 55.7 Å². The zero-order chi connectivity index (χ0) is 27.0. The summed E-state index contributed by atoms with van der Waals surface area (Å²) < 4.78 is 36.1. The lowest BCUT2D eigenvalue weighted by Gasteiger charge is -2.63. The lowest BCUT2D eigenvalue weighted by molar-refractivity contribution is -0.164. The van der Waals surface area contributed by atoms with Crippen molar-refractivity contribution in [3.63, 3.8) is 0 Å². The van der Waals surface area contributed by atoms with E-state index in [9.17, 15) is 13.6 Å². The molecule has 4 rings (SSSR count). The van der Waals surface area contributed by atoms with Crippen LogP contribution < -0.4 is 15.4 Å². The first-order valence-corrected chi connectivity index (χ1v) is 12.9. The van der Waals surface area contributed by atoms with Crippen LogP contribution in [0.15, 0.2) is 30.3 Å². The van der Waals surface area contributed by atoms with E-state index in [1.165, 1.54) is 12.1 Å². The summed E-state index contributed by atoms with van der Waals surface area (Å²) in [6.07, 6.45) is 0.188. The fraction of sp³-hybridized carbons (Fsp3) is 0.500. The largest absolute Gasteiger partial charge is 0.489 e. The highest BCUT2D eigenvalue weighted by atomic mass is 35.5. The predicted molar refractivity (Wildman–Crippen MR) is 139 cm³/mol. The third-order valence-corrected chi connectivity index (χ3v) is 8.00. The maximum atomic E-state index is 15.0. The number of rotatable bonds is 7. The van der Waals surface area contributed by atoms with Crippen LogP contribution in [0.3, 0.4) is 0 Å². The summed E-state index contributed by atoms with van der Waals surface area (Å²) in [7, 11) is 0. The predicted octanol–water partition coefficient (Wildman–Crippen LogP) is 4.55. The van der Waals surface area contributed by atoms with Gasteiger partial charge in [0.15, 0.2) is 0 Å². The molecule has 9 heteroatoms. The zero-order valence-corrected chi connectivity index (χ0v) is 22.4. The fourth-order valence-corrected chi connectivity index (χ4v) is 6.22. The molecule has 1 aliphatic carbocycles. The van der Waals surface area contributed by atoms with Crippen LogP contribution in [0.2, 0.25) is 5.02 Å². The Bertz CT molecular complexity index is 1180. The lowest BCUT2D eigenvalue weighted by Crippen LogP contribution is -2.74. The lowest BCUT2D eigenvalue weighted by atomic mass is 9.49. The molecule has 0 unspecified atom stereocenters. The van der Waals surface area contributed by atoms with Crippen molar-refractivity contribution in [2.75, 3.05) is 32.7 Å². The van der Waals surface area contributed by atoms with Gasteiger partial charge in [0.2, 0.25) is 0 Å². The quantitative estimate of drug-likeness (QED) is 0.549. The van der Waals surface area contributed by atoms with Gasteiger partial charge < -0.3 is 20.3 Å². The van der Waals surface area contributed by atoms with Crippen LogP contribution >= 0.6 is 11.6 Å². The Hall–Kier alpha value is -2.73. The van der Waals surface area contributed by atoms with Crippen molar-refractivity contribution in [2.24, 2.45) is 10.8 Å². The van der Waals surface area contributed by atoms with Crippen molar-refractivity contribution in [1.29, 1.82) is 5.26 Å². The van der Waals surface area contributed by atoms with E-state index in [0.29, 0.717) is 34.9 Å². The molecule has 0 bridgehead atoms. The van der Waals surface area contributed by atoms with Crippen LogP contribution in [0.5, 0.6) is 5.75 Å². The van der Waals surface area contributed by atoms with E-state index in [2.05, 4.69) is 15.5 Å². The monoisotopic (exact) mass is 530 g/mol. The molecule has 6 nitrogen and oxygen atoms in total. The van der Waals surface area contributed by atoms with Gasteiger partial charge in [-0.3, -0.25) is 4.79 Å². The van der Waals surface area contributed by atoms with Gasteiger partial charge in [-0.2, -0.15) is 5.26 Å². The first kappa shape index (κ1) is 27.3. The molecule has 2 aromatic rings. The van der Waals surface area contributed by atoms with Gasteiger partial charge in [-0.05, 0) is 36.2 Å². The van der Waals surface area contributed by atoms with Gasteiger partial charge in [-0.25, -0.2) is 8.78 Å². The smallest absolute Gasteiger partial charge is 0.257 e. The summed E-state index contributed by atoms with van der Waals surface area (Å²) in [6, 6.07) is 8.99. The summed E-state index contributed by atoms with van der Waals surface area (Å²) in [6.45, 7) is 12.1. The first-order chi connectivity index (χ1) is 17.4. The van der Waals surface area contributed by atoms with Crippen LogP contribution in [0, 0.1) is 33.8 Å². The minimum absolute atomic E-state index is 0.294. The third-order valence-electron chi connectivity index (χ3n) is 7.69. The average molecular weight is 531 g/mol. The van der Waals surface area contributed by atoms with Crippen LogP contribution in [0.1, 0.15) is 49.2 Å². The minimum Gasteiger partial charge on any atom is -0.489 e. The standard InChI is InChI=1S/C28H33ClF2N4O2/c1-27(2)25(28(3,4)26(27)37-19-6-5-18(16-32)20(29)15-19)34-24(36)23-21(30)13-17(14-22(23)31)7-10-35-11-8-33-9-12-35/h5-6,13-15,25-26,33H,7-12H2,1-4H3,(H,34,36). The van der Waals surface area contributed by atoms with Gasteiger partial charge in [-0.15, -0.1) is 0 Å². The number of carbonyl (C=O) groups excluding carboxylic acids is 1. The van der Waals surface area contributed by atoms with Crippen LogP contribution in [-0.4, -0.2) is 55.7 Å². The van der Waals surface area contributed by atoms with Crippen LogP contribution in [0.4, 0.5) is 8.78 Å². The van der Waals surface area contributed by atoms with Crippen molar-refractivity contribution in [3.05, 3.63) is 63.7 Å². The number of halogens is 3. The second kappa shape index (κ2) is 10.6. The molecule has 0 spiro atoms. The minimum atomic E-state index is -0.859. The number of nitrogens with zero attached hydrogens (tertiary/aromatic N) is 2. The van der Waals surface area contributed by atoms with Gasteiger partial charge in [-0.1, -0.05) is 39.3 Å². The maximum Gasteiger partial charge on any atom is 0.257 e. The number of amides is 1. The molecule has 2 aliphatic rings. The molecule has 2 aromatic carbocycles. The molecule has 2 N–H and O–H groups in total. The van der Waals surface area contributed by atoms with E-state index in [1.807, 2.05) is 33.8 Å². The molecule has 1 saturated heterocycles. The Morgan fingerprint density at radius 1 is 1.16 bits per heavy atom. The number of nitriles is 1. The Labute approximate surface area is 221 Å². The summed E-state index contributed by atoms with van der Waals surface area (Å²) >= 11 is 6.15. The van der Waals surface area contributed by atoms with E-state index in [-0.39, 0.29) is 6.10 Å². The molecule has 0 atom stereocenters. The normalized spacial score (nSPS) is 22.5. The number of nitrogens with one attached hydrogen (secondary N) is 2. The van der Waals surface area contributed by atoms with Crippen molar-refractivity contribution in [3.8, 4) is 11.8 Å². The highest BCUT2D eigenvalue weighted by molar-refractivity contribution is 6.31. The van der Waals surface area contributed by atoms with Gasteiger partial charge >= 0.3 is 0 Å². The molecular formula is C28H33ClF2N4O2. The van der Waals surface area contributed by atoms with E-state index < -0.39 is 40.0 Å². The first-order valence-electron chi connectivity index (χ1n) is 12.5. The number of hydrogen-bond acceptors (Lipinski definition) is 5. The summed E-state index contributed by atoms with van der Waals surface area (Å²) in [5.74, 6) is -1.99. The summed E-state index contributed by atoms with van der Waals surface area (Å²) in [5.41, 5.74) is -0.777. The highest BCUT2D eigenvalue weighted by Crippen LogP contribution is 2.55. The van der Waals surface area contributed by atoms with Gasteiger partial charge in [0.1, 0.15) is 35.1 Å². The Morgan fingerprint density at radius 2 is 1.78 bits per heavy atom. The molecule has 37 heavy (non-hydrogen) atoms. The molecule has 1 aliphatic heterocycles. The Morgan fingerprint density at radius 3 is 2.35 bits per heavy atom.